The molecule has 1 heterocycles. The number of nitrogens with zero attached hydrogens (tertiary/aromatic N) is 1. The number of hydrogen-bond acceptors (Lipinski definition) is 1. The molecule has 1 aromatic heterocycles. The monoisotopic (exact) mass is 220 g/mol. The summed E-state index contributed by atoms with van der Waals surface area (Å²) in [4.78, 5) is 0. The Morgan fingerprint density at radius 2 is 2.12 bits per heavy atom. The van der Waals surface area contributed by atoms with Crippen molar-refractivity contribution < 1.29 is 4.39 Å². The Labute approximate surface area is 94.9 Å². The van der Waals surface area contributed by atoms with Gasteiger partial charge >= 0.3 is 0 Å². The van der Waals surface area contributed by atoms with Gasteiger partial charge in [0, 0.05) is 29.7 Å². The minimum Gasteiger partial charge on any atom is -0.348 e. The second-order valence-corrected chi connectivity index (χ2v) is 4.47. The summed E-state index contributed by atoms with van der Waals surface area (Å²) in [5.74, 6) is -0.191. The molecule has 0 saturated heterocycles. The summed E-state index contributed by atoms with van der Waals surface area (Å²) in [5.41, 5.74) is 9.22. The van der Waals surface area contributed by atoms with Crippen LogP contribution in [0.25, 0.3) is 10.9 Å². The number of aromatic nitrogens is 1. The van der Waals surface area contributed by atoms with Gasteiger partial charge in [0.1, 0.15) is 5.82 Å². The third kappa shape index (κ3) is 1.71. The second-order valence-electron chi connectivity index (χ2n) is 4.47. The normalized spacial score (nSPS) is 13.3. The average Bonchev–Trinajstić information content (AvgIpc) is 2.43. The third-order valence-corrected chi connectivity index (χ3v) is 3.11. The van der Waals surface area contributed by atoms with E-state index >= 15 is 0 Å². The van der Waals surface area contributed by atoms with E-state index in [9.17, 15) is 4.39 Å². The Morgan fingerprint density at radius 3 is 2.75 bits per heavy atom. The van der Waals surface area contributed by atoms with Crippen LogP contribution in [0.3, 0.4) is 0 Å². The van der Waals surface area contributed by atoms with Gasteiger partial charge in [-0.15, -0.1) is 0 Å². The highest BCUT2D eigenvalue weighted by Gasteiger charge is 2.13. The number of fused-ring (bicyclic) bond motifs is 1. The maximum Gasteiger partial charge on any atom is 0.123 e. The van der Waals surface area contributed by atoms with E-state index in [1.807, 2.05) is 20.0 Å². The molecule has 2 N–H and O–H groups in total. The van der Waals surface area contributed by atoms with Crippen LogP contribution < -0.4 is 5.73 Å². The van der Waals surface area contributed by atoms with Crippen molar-refractivity contribution in [3.8, 4) is 0 Å². The number of hydrogen-bond donors (Lipinski definition) is 1. The van der Waals surface area contributed by atoms with Gasteiger partial charge < -0.3 is 10.3 Å². The van der Waals surface area contributed by atoms with E-state index in [0.29, 0.717) is 0 Å². The third-order valence-electron chi connectivity index (χ3n) is 3.11. The predicted molar refractivity (Wildman–Crippen MR) is 65.0 cm³/mol. The van der Waals surface area contributed by atoms with E-state index in [-0.39, 0.29) is 11.9 Å². The van der Waals surface area contributed by atoms with Crippen molar-refractivity contribution in [3.05, 3.63) is 35.3 Å². The van der Waals surface area contributed by atoms with Gasteiger partial charge in [-0.05, 0) is 44.0 Å². The molecule has 0 amide bonds. The molecule has 1 aromatic carbocycles. The summed E-state index contributed by atoms with van der Waals surface area (Å²) in [7, 11) is 2.00. The molecule has 0 radical (unpaired) electrons. The van der Waals surface area contributed by atoms with Crippen LogP contribution in [0, 0.1) is 12.7 Å². The number of halogens is 1. The summed E-state index contributed by atoms with van der Waals surface area (Å²) in [6.45, 7) is 4.02. The molecule has 0 aliphatic carbocycles. The van der Waals surface area contributed by atoms with Crippen molar-refractivity contribution in [2.24, 2.45) is 12.8 Å². The summed E-state index contributed by atoms with van der Waals surface area (Å²) < 4.78 is 15.3. The van der Waals surface area contributed by atoms with Crippen LogP contribution in [-0.4, -0.2) is 10.6 Å². The molecule has 16 heavy (non-hydrogen) atoms. The largest absolute Gasteiger partial charge is 0.348 e. The molecule has 2 aromatic rings. The number of nitrogens with two attached hydrogens (primary N) is 1. The number of benzene rings is 1. The second kappa shape index (κ2) is 3.91. The molecule has 0 bridgehead atoms. The van der Waals surface area contributed by atoms with Crippen LogP contribution in [0.1, 0.15) is 18.2 Å². The first kappa shape index (κ1) is 11.1. The molecule has 1 atom stereocenters. The van der Waals surface area contributed by atoms with Crippen LogP contribution in [-0.2, 0) is 13.5 Å². The fourth-order valence-corrected chi connectivity index (χ4v) is 2.20. The average molecular weight is 220 g/mol. The minimum absolute atomic E-state index is 0.0903. The van der Waals surface area contributed by atoms with Crippen LogP contribution >= 0.6 is 0 Å². The summed E-state index contributed by atoms with van der Waals surface area (Å²) in [6, 6.07) is 5.01. The molecule has 0 fully saturated rings. The molecule has 0 aliphatic heterocycles. The predicted octanol–water partition coefficient (Wildman–Crippen LogP) is 2.52. The molecule has 3 heteroatoms. The van der Waals surface area contributed by atoms with Crippen molar-refractivity contribution in [1.29, 1.82) is 0 Å². The zero-order valence-electron chi connectivity index (χ0n) is 9.92. The quantitative estimate of drug-likeness (QED) is 0.828. The van der Waals surface area contributed by atoms with Crippen LogP contribution in [0.5, 0.6) is 0 Å². The van der Waals surface area contributed by atoms with Gasteiger partial charge in [0.05, 0.1) is 0 Å². The van der Waals surface area contributed by atoms with E-state index in [4.69, 9.17) is 5.73 Å². The van der Waals surface area contributed by atoms with Gasteiger partial charge in [0.25, 0.3) is 0 Å². The molecule has 2 rings (SSSR count). The zero-order chi connectivity index (χ0) is 11.9. The lowest BCUT2D eigenvalue weighted by Gasteiger charge is -2.05. The Kier molecular flexibility index (Phi) is 2.72. The smallest absolute Gasteiger partial charge is 0.123 e. The number of aryl methyl sites for hydroxylation is 1. The Balaban J connectivity index is 2.70. The molecule has 0 spiro atoms. The fraction of sp³-hybridized carbons (Fsp3) is 0.385. The Morgan fingerprint density at radius 1 is 1.44 bits per heavy atom. The van der Waals surface area contributed by atoms with E-state index in [0.717, 1.165) is 28.6 Å². The summed E-state index contributed by atoms with van der Waals surface area (Å²) in [5, 5.41) is 0.984. The van der Waals surface area contributed by atoms with Gasteiger partial charge in [0.2, 0.25) is 0 Å². The fourth-order valence-electron chi connectivity index (χ4n) is 2.20. The highest BCUT2D eigenvalue weighted by molar-refractivity contribution is 5.85. The van der Waals surface area contributed by atoms with Crippen molar-refractivity contribution in [2.45, 2.75) is 26.3 Å². The van der Waals surface area contributed by atoms with Gasteiger partial charge in [0.15, 0.2) is 0 Å². The lowest BCUT2D eigenvalue weighted by molar-refractivity contribution is 0.629. The Hall–Kier alpha value is -1.35. The van der Waals surface area contributed by atoms with Crippen LogP contribution in [0.4, 0.5) is 4.39 Å². The zero-order valence-corrected chi connectivity index (χ0v) is 9.92. The van der Waals surface area contributed by atoms with Crippen molar-refractivity contribution in [2.75, 3.05) is 0 Å². The first-order valence-electron chi connectivity index (χ1n) is 5.49. The van der Waals surface area contributed by atoms with E-state index in [1.54, 1.807) is 6.07 Å². The van der Waals surface area contributed by atoms with E-state index < -0.39 is 0 Å². The van der Waals surface area contributed by atoms with Gasteiger partial charge in [-0.3, -0.25) is 0 Å². The van der Waals surface area contributed by atoms with Crippen LogP contribution in [0.2, 0.25) is 0 Å². The Bertz CT molecular complexity index is 526. The minimum atomic E-state index is -0.191. The first-order chi connectivity index (χ1) is 7.50. The van der Waals surface area contributed by atoms with Gasteiger partial charge in [-0.1, -0.05) is 0 Å². The maximum atomic E-state index is 13.3. The summed E-state index contributed by atoms with van der Waals surface area (Å²) in [6.07, 6.45) is 0.784. The van der Waals surface area contributed by atoms with Gasteiger partial charge in [-0.25, -0.2) is 4.39 Å². The van der Waals surface area contributed by atoms with Crippen LogP contribution in [0.15, 0.2) is 18.2 Å². The molecule has 86 valence electrons. The molecule has 1 unspecified atom stereocenters. The molecule has 2 nitrogen and oxygen atoms in total. The summed E-state index contributed by atoms with van der Waals surface area (Å²) >= 11 is 0. The van der Waals surface area contributed by atoms with Crippen molar-refractivity contribution in [3.63, 3.8) is 0 Å². The molecular formula is C13H17FN2. The standard InChI is InChI=1S/C13H17FN2/c1-8(15)6-11-9(2)16(3)13-5-4-10(14)7-12(11)13/h4-5,7-8H,6,15H2,1-3H3. The molecular weight excluding hydrogens is 203 g/mol. The number of rotatable bonds is 2. The maximum absolute atomic E-state index is 13.3. The van der Waals surface area contributed by atoms with Crippen molar-refractivity contribution in [1.82, 2.24) is 4.57 Å². The first-order valence-corrected chi connectivity index (χ1v) is 5.49. The van der Waals surface area contributed by atoms with Gasteiger partial charge in [-0.2, -0.15) is 0 Å². The molecule has 0 saturated carbocycles. The highest BCUT2D eigenvalue weighted by Crippen LogP contribution is 2.26. The lowest BCUT2D eigenvalue weighted by atomic mass is 10.0. The SMILES string of the molecule is Cc1c(CC(C)N)c2cc(F)ccc2n1C. The topological polar surface area (TPSA) is 30.9 Å². The van der Waals surface area contributed by atoms with E-state index in [1.165, 1.54) is 6.07 Å². The molecule has 0 aliphatic rings. The van der Waals surface area contributed by atoms with E-state index in [2.05, 4.69) is 11.5 Å². The highest BCUT2D eigenvalue weighted by atomic mass is 19.1. The van der Waals surface area contributed by atoms with Crippen molar-refractivity contribution >= 4 is 10.9 Å². The lowest BCUT2D eigenvalue weighted by Crippen LogP contribution is -2.18.